The van der Waals surface area contributed by atoms with E-state index in [1.165, 1.54) is 12.1 Å². The summed E-state index contributed by atoms with van der Waals surface area (Å²) in [5.74, 6) is 0. The molecule has 3 nitrogen and oxygen atoms in total. The van der Waals surface area contributed by atoms with Crippen LogP contribution < -0.4 is 0 Å². The van der Waals surface area contributed by atoms with E-state index in [0.717, 1.165) is 5.56 Å². The Balaban J connectivity index is 2.89. The molecule has 0 spiro atoms. The van der Waals surface area contributed by atoms with Crippen LogP contribution in [0.3, 0.4) is 0 Å². The van der Waals surface area contributed by atoms with Crippen molar-refractivity contribution in [3.8, 4) is 11.7 Å². The van der Waals surface area contributed by atoms with Crippen molar-refractivity contribution in [1.82, 2.24) is 0 Å². The number of rotatable bonds is 2. The number of benzene rings is 1. The van der Waals surface area contributed by atoms with Crippen molar-refractivity contribution in [1.29, 1.82) is 0 Å². The molecule has 0 aliphatic carbocycles. The Kier molecular flexibility index (Phi) is 4.01. The summed E-state index contributed by atoms with van der Waals surface area (Å²) in [6, 6.07) is 6.48. The molecule has 1 rings (SSSR count). The van der Waals surface area contributed by atoms with Crippen LogP contribution in [-0.2, 0) is 14.3 Å². The molecule has 17 heavy (non-hydrogen) atoms. The zero-order chi connectivity index (χ0) is 13.1. The summed E-state index contributed by atoms with van der Waals surface area (Å²) in [7, 11) is -5.37. The van der Waals surface area contributed by atoms with Crippen molar-refractivity contribution in [2.24, 2.45) is 0 Å². The molecule has 0 amide bonds. The van der Waals surface area contributed by atoms with Crippen LogP contribution in [0.15, 0.2) is 29.2 Å². The van der Waals surface area contributed by atoms with Crippen molar-refractivity contribution < 1.29 is 12.6 Å². The predicted molar refractivity (Wildman–Crippen MR) is 70.6 cm³/mol. The molecular weight excluding hydrogens is 252 g/mol. The number of hydrogen-bond acceptors (Lipinski definition) is 3. The fourth-order valence-electron chi connectivity index (χ4n) is 0.982. The van der Waals surface area contributed by atoms with Crippen molar-refractivity contribution in [2.45, 2.75) is 31.5 Å². The lowest BCUT2D eigenvalue weighted by atomic mass is 10.2. The number of aryl methyl sites for hydroxylation is 1. The second-order valence-corrected chi connectivity index (χ2v) is 11.1. The third-order valence-electron chi connectivity index (χ3n) is 1.89. The summed E-state index contributed by atoms with van der Waals surface area (Å²) in [4.78, 5) is 0.132. The zero-order valence-corrected chi connectivity index (χ0v) is 12.3. The Morgan fingerprint density at radius 2 is 1.65 bits per heavy atom. The summed E-state index contributed by atoms with van der Waals surface area (Å²) in [6.07, 6.45) is 2.30. The Bertz CT molecular complexity index is 542. The maximum Gasteiger partial charge on any atom is 0.347 e. The van der Waals surface area contributed by atoms with Crippen molar-refractivity contribution in [3.63, 3.8) is 0 Å². The molecule has 5 heteroatoms. The quantitative estimate of drug-likeness (QED) is 0.470. The highest BCUT2D eigenvalue weighted by Crippen LogP contribution is 2.12. The van der Waals surface area contributed by atoms with Gasteiger partial charge in [-0.1, -0.05) is 42.9 Å². The van der Waals surface area contributed by atoms with Gasteiger partial charge in [-0.15, -0.1) is 0 Å². The summed E-state index contributed by atoms with van der Waals surface area (Å²) >= 11 is 0. The molecule has 0 radical (unpaired) electrons. The van der Waals surface area contributed by atoms with E-state index >= 15 is 0 Å². The first kappa shape index (κ1) is 13.8. The molecule has 0 unspecified atom stereocenters. The SMILES string of the molecule is Cc1ccc(S(=O)(=O)OC#C[Si](C)(C)C)cc1. The Morgan fingerprint density at radius 3 is 2.12 bits per heavy atom. The maximum absolute atomic E-state index is 11.7. The van der Waals surface area contributed by atoms with Gasteiger partial charge in [0.25, 0.3) is 0 Å². The standard InChI is InChI=1S/C12H16O3SSi/c1-11-5-7-12(8-6-11)16(13,14)15-9-10-17(2,3)4/h5-8H,1-4H3. The van der Waals surface area contributed by atoms with Gasteiger partial charge in [-0.3, -0.25) is 0 Å². The van der Waals surface area contributed by atoms with Gasteiger partial charge in [-0.2, -0.15) is 8.42 Å². The normalized spacial score (nSPS) is 11.5. The zero-order valence-electron chi connectivity index (χ0n) is 10.4. The second kappa shape index (κ2) is 4.94. The molecule has 0 N–H and O–H groups in total. The molecule has 1 aromatic rings. The topological polar surface area (TPSA) is 43.4 Å². The average Bonchev–Trinajstić information content (AvgIpc) is 2.15. The van der Waals surface area contributed by atoms with E-state index in [1.54, 1.807) is 12.1 Å². The van der Waals surface area contributed by atoms with Gasteiger partial charge in [0.2, 0.25) is 0 Å². The van der Waals surface area contributed by atoms with E-state index in [0.29, 0.717) is 0 Å². The minimum Gasteiger partial charge on any atom is -0.325 e. The molecule has 0 saturated heterocycles. The fourth-order valence-corrected chi connectivity index (χ4v) is 2.13. The molecule has 0 atom stereocenters. The van der Waals surface area contributed by atoms with E-state index in [4.69, 9.17) is 0 Å². The minimum atomic E-state index is -3.75. The van der Waals surface area contributed by atoms with Crippen LogP contribution >= 0.6 is 0 Å². The molecule has 1 aromatic carbocycles. The number of hydrogen-bond donors (Lipinski definition) is 0. The molecule has 0 aliphatic rings. The maximum atomic E-state index is 11.7. The van der Waals surface area contributed by atoms with E-state index < -0.39 is 18.2 Å². The summed E-state index contributed by atoms with van der Waals surface area (Å²) in [5, 5.41) is 0. The van der Waals surface area contributed by atoms with Gasteiger partial charge in [0.05, 0.1) is 0 Å². The average molecular weight is 268 g/mol. The van der Waals surface area contributed by atoms with Crippen LogP contribution in [0.25, 0.3) is 0 Å². The van der Waals surface area contributed by atoms with Crippen LogP contribution in [0, 0.1) is 18.6 Å². The molecule has 0 fully saturated rings. The fraction of sp³-hybridized carbons (Fsp3) is 0.333. The highest BCUT2D eigenvalue weighted by Gasteiger charge is 2.15. The van der Waals surface area contributed by atoms with Crippen molar-refractivity contribution in [3.05, 3.63) is 29.8 Å². The molecule has 92 valence electrons. The van der Waals surface area contributed by atoms with Gasteiger partial charge in [0.1, 0.15) is 19.1 Å². The summed E-state index contributed by atoms with van der Waals surface area (Å²) in [5.41, 5.74) is 3.84. The lowest BCUT2D eigenvalue weighted by Crippen LogP contribution is -2.16. The first-order valence-electron chi connectivity index (χ1n) is 5.23. The van der Waals surface area contributed by atoms with E-state index in [1.807, 2.05) is 26.6 Å². The van der Waals surface area contributed by atoms with Crippen LogP contribution in [-0.4, -0.2) is 16.5 Å². The molecule has 0 aliphatic heterocycles. The third kappa shape index (κ3) is 4.63. The van der Waals surface area contributed by atoms with Crippen LogP contribution in [0.2, 0.25) is 19.6 Å². The van der Waals surface area contributed by atoms with Crippen LogP contribution in [0.4, 0.5) is 0 Å². The van der Waals surface area contributed by atoms with Gasteiger partial charge < -0.3 is 4.18 Å². The van der Waals surface area contributed by atoms with Gasteiger partial charge in [-0.05, 0) is 19.1 Å². The van der Waals surface area contributed by atoms with Gasteiger partial charge >= 0.3 is 10.1 Å². The Morgan fingerprint density at radius 1 is 1.12 bits per heavy atom. The van der Waals surface area contributed by atoms with E-state index in [-0.39, 0.29) is 4.90 Å². The largest absolute Gasteiger partial charge is 0.347 e. The van der Waals surface area contributed by atoms with Gasteiger partial charge in [-0.25, -0.2) is 0 Å². The van der Waals surface area contributed by atoms with Crippen molar-refractivity contribution >= 4 is 18.2 Å². The molecule has 0 saturated carbocycles. The summed E-state index contributed by atoms with van der Waals surface area (Å²) in [6.45, 7) is 7.94. The lowest BCUT2D eigenvalue weighted by Gasteiger charge is -2.04. The Hall–Kier alpha value is -1.25. The third-order valence-corrected chi connectivity index (χ3v) is 3.89. The Labute approximate surface area is 104 Å². The van der Waals surface area contributed by atoms with Gasteiger partial charge in [0.15, 0.2) is 0 Å². The second-order valence-electron chi connectivity index (χ2n) is 4.83. The first-order chi connectivity index (χ1) is 7.71. The summed E-state index contributed by atoms with van der Waals surface area (Å²) < 4.78 is 28.1. The van der Waals surface area contributed by atoms with Crippen molar-refractivity contribution in [2.75, 3.05) is 0 Å². The molecular formula is C12H16O3SSi. The lowest BCUT2D eigenvalue weighted by molar-refractivity contribution is 0.465. The highest BCUT2D eigenvalue weighted by atomic mass is 32.2. The monoisotopic (exact) mass is 268 g/mol. The van der Waals surface area contributed by atoms with E-state index in [9.17, 15) is 8.42 Å². The predicted octanol–water partition coefficient (Wildman–Crippen LogP) is 2.54. The molecule has 0 aromatic heterocycles. The van der Waals surface area contributed by atoms with E-state index in [2.05, 4.69) is 15.8 Å². The first-order valence-corrected chi connectivity index (χ1v) is 10.1. The van der Waals surface area contributed by atoms with Crippen LogP contribution in [0.5, 0.6) is 0 Å². The van der Waals surface area contributed by atoms with Gasteiger partial charge in [0, 0.05) is 0 Å². The molecule has 0 heterocycles. The minimum absolute atomic E-state index is 0.132. The van der Waals surface area contributed by atoms with Crippen LogP contribution in [0.1, 0.15) is 5.56 Å². The highest BCUT2D eigenvalue weighted by molar-refractivity contribution is 7.86. The smallest absolute Gasteiger partial charge is 0.325 e. The molecule has 0 bridgehead atoms.